The summed E-state index contributed by atoms with van der Waals surface area (Å²) in [5, 5.41) is 6.91. The summed E-state index contributed by atoms with van der Waals surface area (Å²) in [6.07, 6.45) is 4.13. The van der Waals surface area contributed by atoms with Crippen molar-refractivity contribution in [1.82, 2.24) is 19.8 Å². The third-order valence-corrected chi connectivity index (χ3v) is 6.96. The number of likely N-dealkylation sites (tertiary alicyclic amines) is 1. The van der Waals surface area contributed by atoms with Crippen LogP contribution in [0.1, 0.15) is 45.6 Å². The zero-order valence-electron chi connectivity index (χ0n) is 19.0. The number of nitrogens with one attached hydrogen (secondary N) is 2. The molecule has 2 rings (SSSR count). The number of sulfonamides is 1. The van der Waals surface area contributed by atoms with Gasteiger partial charge in [0.05, 0.1) is 6.26 Å². The normalized spacial score (nSPS) is 21.0. The molecule has 0 saturated carbocycles. The zero-order chi connectivity index (χ0) is 22.0. The van der Waals surface area contributed by atoms with Crippen molar-refractivity contribution >= 4 is 16.0 Å². The second kappa shape index (κ2) is 12.3. The first-order chi connectivity index (χ1) is 14.3. The maximum absolute atomic E-state index is 11.7. The van der Waals surface area contributed by atoms with Crippen LogP contribution in [0.2, 0.25) is 0 Å². The molecule has 1 heterocycles. The van der Waals surface area contributed by atoms with E-state index in [4.69, 9.17) is 0 Å². The fourth-order valence-corrected chi connectivity index (χ4v) is 4.84. The highest BCUT2D eigenvalue weighted by atomic mass is 32.2. The molecule has 170 valence electrons. The lowest BCUT2D eigenvalue weighted by Gasteiger charge is -2.38. The lowest BCUT2D eigenvalue weighted by molar-refractivity contribution is 0.134. The van der Waals surface area contributed by atoms with Crippen molar-refractivity contribution in [3.05, 3.63) is 35.9 Å². The van der Waals surface area contributed by atoms with Gasteiger partial charge in [-0.05, 0) is 38.7 Å². The summed E-state index contributed by atoms with van der Waals surface area (Å²) in [7, 11) is -3.13. The quantitative estimate of drug-likeness (QED) is 0.334. The third-order valence-electron chi connectivity index (χ3n) is 5.58. The van der Waals surface area contributed by atoms with Crippen LogP contribution in [0.4, 0.5) is 0 Å². The van der Waals surface area contributed by atoms with Crippen LogP contribution in [0, 0.1) is 0 Å². The number of aliphatic imine (C=N–C) groups is 1. The highest BCUT2D eigenvalue weighted by Crippen LogP contribution is 2.19. The van der Waals surface area contributed by atoms with E-state index >= 15 is 0 Å². The van der Waals surface area contributed by atoms with Gasteiger partial charge in [-0.15, -0.1) is 0 Å². The first-order valence-electron chi connectivity index (χ1n) is 11.1. The number of piperidine rings is 1. The van der Waals surface area contributed by atoms with Gasteiger partial charge >= 0.3 is 0 Å². The molecule has 0 amide bonds. The van der Waals surface area contributed by atoms with E-state index in [1.807, 2.05) is 6.92 Å². The van der Waals surface area contributed by atoms with Crippen molar-refractivity contribution < 1.29 is 8.42 Å². The summed E-state index contributed by atoms with van der Waals surface area (Å²) in [4.78, 5) is 7.21. The van der Waals surface area contributed by atoms with Crippen molar-refractivity contribution in [2.75, 3.05) is 39.0 Å². The first kappa shape index (κ1) is 24.6. The molecule has 0 aliphatic carbocycles. The molecule has 8 heteroatoms. The largest absolute Gasteiger partial charge is 0.357 e. The maximum Gasteiger partial charge on any atom is 0.211 e. The molecule has 0 radical (unpaired) electrons. The van der Waals surface area contributed by atoms with Crippen molar-refractivity contribution in [3.63, 3.8) is 0 Å². The van der Waals surface area contributed by atoms with E-state index in [0.29, 0.717) is 38.1 Å². The van der Waals surface area contributed by atoms with E-state index < -0.39 is 10.0 Å². The molecule has 0 bridgehead atoms. The number of hydrogen-bond donors (Lipinski definition) is 2. The fourth-order valence-electron chi connectivity index (χ4n) is 3.91. The SMILES string of the molecule is CCNC(=NCCCN(CC)S(C)(=O)=O)NC1CCN(Cc2ccccc2)C(C)C1. The van der Waals surface area contributed by atoms with Gasteiger partial charge in [0.1, 0.15) is 0 Å². The number of hydrogen-bond acceptors (Lipinski definition) is 4. The number of guanidine groups is 1. The number of benzene rings is 1. The van der Waals surface area contributed by atoms with Crippen molar-refractivity contribution in [2.45, 2.75) is 58.7 Å². The van der Waals surface area contributed by atoms with Crippen LogP contribution in [0.3, 0.4) is 0 Å². The molecule has 0 spiro atoms. The van der Waals surface area contributed by atoms with Gasteiger partial charge in [-0.1, -0.05) is 37.3 Å². The zero-order valence-corrected chi connectivity index (χ0v) is 19.8. The minimum Gasteiger partial charge on any atom is -0.357 e. The Morgan fingerprint density at radius 2 is 2.00 bits per heavy atom. The molecule has 2 atom stereocenters. The summed E-state index contributed by atoms with van der Waals surface area (Å²) < 4.78 is 24.9. The maximum atomic E-state index is 11.7. The van der Waals surface area contributed by atoms with Gasteiger partial charge in [-0.3, -0.25) is 9.89 Å². The lowest BCUT2D eigenvalue weighted by Crippen LogP contribution is -2.51. The Bertz CT molecular complexity index is 754. The standard InChI is InChI=1S/C22H39N5O2S/c1-5-23-22(24-14-10-15-27(6-2)30(4,28)29)25-21-13-16-26(19(3)17-21)18-20-11-8-7-9-12-20/h7-9,11-12,19,21H,5-6,10,13-18H2,1-4H3,(H2,23,24,25). The van der Waals surface area contributed by atoms with Crippen LogP contribution in [0.25, 0.3) is 0 Å². The topological polar surface area (TPSA) is 77.0 Å². The van der Waals surface area contributed by atoms with Crippen molar-refractivity contribution in [1.29, 1.82) is 0 Å². The predicted octanol–water partition coefficient (Wildman–Crippen LogP) is 2.27. The molecule has 1 aliphatic rings. The highest BCUT2D eigenvalue weighted by Gasteiger charge is 2.26. The van der Waals surface area contributed by atoms with Gasteiger partial charge in [-0.2, -0.15) is 0 Å². The van der Waals surface area contributed by atoms with Gasteiger partial charge < -0.3 is 10.6 Å². The van der Waals surface area contributed by atoms with E-state index in [1.165, 1.54) is 16.1 Å². The fraction of sp³-hybridized carbons (Fsp3) is 0.682. The average Bonchev–Trinajstić information content (AvgIpc) is 2.70. The monoisotopic (exact) mass is 437 g/mol. The molecular formula is C22H39N5O2S. The minimum absolute atomic E-state index is 0.396. The van der Waals surface area contributed by atoms with E-state index in [2.05, 4.69) is 64.7 Å². The Labute approximate surface area is 183 Å². The molecule has 1 fully saturated rings. The molecular weight excluding hydrogens is 398 g/mol. The Morgan fingerprint density at radius 1 is 1.27 bits per heavy atom. The number of nitrogens with zero attached hydrogens (tertiary/aromatic N) is 3. The molecule has 1 aromatic rings. The second-order valence-corrected chi connectivity index (χ2v) is 10.0. The van der Waals surface area contributed by atoms with Gasteiger partial charge in [0.2, 0.25) is 10.0 Å². The average molecular weight is 438 g/mol. The van der Waals surface area contributed by atoms with Crippen LogP contribution >= 0.6 is 0 Å². The molecule has 2 unspecified atom stereocenters. The predicted molar refractivity (Wildman–Crippen MR) is 125 cm³/mol. The number of rotatable bonds is 10. The van der Waals surface area contributed by atoms with Crippen LogP contribution in [0.15, 0.2) is 35.3 Å². The smallest absolute Gasteiger partial charge is 0.211 e. The molecule has 1 saturated heterocycles. The van der Waals surface area contributed by atoms with Crippen molar-refractivity contribution in [2.24, 2.45) is 4.99 Å². The summed E-state index contributed by atoms with van der Waals surface area (Å²) in [5.74, 6) is 0.827. The molecule has 30 heavy (non-hydrogen) atoms. The van der Waals surface area contributed by atoms with Gasteiger partial charge in [-0.25, -0.2) is 12.7 Å². The highest BCUT2D eigenvalue weighted by molar-refractivity contribution is 7.88. The second-order valence-electron chi connectivity index (χ2n) is 8.04. The molecule has 2 N–H and O–H groups in total. The van der Waals surface area contributed by atoms with Crippen LogP contribution in [-0.4, -0.2) is 74.6 Å². The summed E-state index contributed by atoms with van der Waals surface area (Å²) >= 11 is 0. The van der Waals surface area contributed by atoms with Crippen LogP contribution < -0.4 is 10.6 Å². The summed E-state index contributed by atoms with van der Waals surface area (Å²) in [6, 6.07) is 11.5. The van der Waals surface area contributed by atoms with Gasteiger partial charge in [0, 0.05) is 51.4 Å². The Hall–Kier alpha value is -1.64. The van der Waals surface area contributed by atoms with E-state index in [-0.39, 0.29) is 0 Å². The summed E-state index contributed by atoms with van der Waals surface area (Å²) in [5.41, 5.74) is 1.36. The van der Waals surface area contributed by atoms with Crippen molar-refractivity contribution in [3.8, 4) is 0 Å². The van der Waals surface area contributed by atoms with E-state index in [0.717, 1.165) is 38.4 Å². The van der Waals surface area contributed by atoms with Gasteiger partial charge in [0.15, 0.2) is 5.96 Å². The van der Waals surface area contributed by atoms with E-state index in [1.54, 1.807) is 0 Å². The Kier molecular flexibility index (Phi) is 10.1. The van der Waals surface area contributed by atoms with Gasteiger partial charge in [0.25, 0.3) is 0 Å². The van der Waals surface area contributed by atoms with Crippen LogP contribution in [-0.2, 0) is 16.6 Å². The lowest BCUT2D eigenvalue weighted by atomic mass is 9.97. The summed E-state index contributed by atoms with van der Waals surface area (Å²) in [6.45, 7) is 10.7. The Balaban J connectivity index is 1.82. The molecule has 1 aliphatic heterocycles. The Morgan fingerprint density at radius 3 is 2.60 bits per heavy atom. The third kappa shape index (κ3) is 8.24. The van der Waals surface area contributed by atoms with Crippen LogP contribution in [0.5, 0.6) is 0 Å². The molecule has 7 nitrogen and oxygen atoms in total. The van der Waals surface area contributed by atoms with E-state index in [9.17, 15) is 8.42 Å². The molecule has 0 aromatic heterocycles. The molecule has 1 aromatic carbocycles. The minimum atomic E-state index is -3.13. The first-order valence-corrected chi connectivity index (χ1v) is 13.0.